The van der Waals surface area contributed by atoms with Crippen molar-refractivity contribution in [3.8, 4) is 16.5 Å². The Hall–Kier alpha value is -2.67. The molecule has 0 fully saturated rings. The molecule has 2 heterocycles. The van der Waals surface area contributed by atoms with Crippen molar-refractivity contribution in [2.24, 2.45) is 5.73 Å². The van der Waals surface area contributed by atoms with E-state index in [9.17, 15) is 4.79 Å². The highest BCUT2D eigenvalue weighted by molar-refractivity contribution is 7.13. The van der Waals surface area contributed by atoms with Crippen LogP contribution in [0.25, 0.3) is 10.8 Å². The second-order valence-electron chi connectivity index (χ2n) is 4.17. The fourth-order valence-corrected chi connectivity index (χ4v) is 2.32. The van der Waals surface area contributed by atoms with Gasteiger partial charge in [-0.25, -0.2) is 0 Å². The van der Waals surface area contributed by atoms with E-state index in [2.05, 4.69) is 10.1 Å². The fraction of sp³-hybridized carbons (Fsp3) is 0.0714. The normalized spacial score (nSPS) is 10.5. The summed E-state index contributed by atoms with van der Waals surface area (Å²) in [5, 5.41) is 5.79. The van der Waals surface area contributed by atoms with Crippen molar-refractivity contribution < 1.29 is 14.1 Å². The van der Waals surface area contributed by atoms with E-state index in [0.717, 1.165) is 4.88 Å². The van der Waals surface area contributed by atoms with Gasteiger partial charge in [0.05, 0.1) is 4.88 Å². The Kier molecular flexibility index (Phi) is 3.65. The molecule has 0 saturated heterocycles. The number of benzene rings is 1. The lowest BCUT2D eigenvalue weighted by atomic mass is 10.2. The maximum Gasteiger partial charge on any atom is 0.268 e. The Morgan fingerprint density at radius 2 is 2.10 bits per heavy atom. The summed E-state index contributed by atoms with van der Waals surface area (Å²) in [6.45, 7) is 0.185. The number of primary amides is 1. The number of aromatic nitrogens is 2. The Morgan fingerprint density at radius 3 is 2.76 bits per heavy atom. The van der Waals surface area contributed by atoms with Crippen LogP contribution in [0.3, 0.4) is 0 Å². The zero-order valence-electron chi connectivity index (χ0n) is 10.9. The van der Waals surface area contributed by atoms with Gasteiger partial charge in [-0.05, 0) is 35.7 Å². The lowest BCUT2D eigenvalue weighted by molar-refractivity contribution is 0.1000. The highest BCUT2D eigenvalue weighted by Crippen LogP contribution is 2.22. The summed E-state index contributed by atoms with van der Waals surface area (Å²) in [6, 6.07) is 10.4. The number of thiophene rings is 1. The second-order valence-corrected chi connectivity index (χ2v) is 5.12. The molecular formula is C14H11N3O3S. The summed E-state index contributed by atoms with van der Waals surface area (Å²) >= 11 is 1.53. The van der Waals surface area contributed by atoms with Crippen molar-refractivity contribution in [1.82, 2.24) is 10.1 Å². The number of hydrogen-bond donors (Lipinski definition) is 1. The van der Waals surface area contributed by atoms with Gasteiger partial charge in [-0.2, -0.15) is 4.98 Å². The average molecular weight is 301 g/mol. The first kappa shape index (κ1) is 13.3. The van der Waals surface area contributed by atoms with Gasteiger partial charge in [0.2, 0.25) is 11.7 Å². The van der Waals surface area contributed by atoms with E-state index in [1.54, 1.807) is 24.3 Å². The molecule has 0 atom stereocenters. The molecule has 2 N–H and O–H groups in total. The molecule has 106 valence electrons. The van der Waals surface area contributed by atoms with Gasteiger partial charge >= 0.3 is 0 Å². The third-order valence-electron chi connectivity index (χ3n) is 2.71. The van der Waals surface area contributed by atoms with Gasteiger partial charge in [0.1, 0.15) is 5.75 Å². The van der Waals surface area contributed by atoms with Crippen molar-refractivity contribution in [1.29, 1.82) is 0 Å². The monoisotopic (exact) mass is 301 g/mol. The number of carbonyl (C=O) groups is 1. The van der Waals surface area contributed by atoms with E-state index in [0.29, 0.717) is 23.0 Å². The maximum absolute atomic E-state index is 11.0. The fourth-order valence-electron chi connectivity index (χ4n) is 1.68. The quantitative estimate of drug-likeness (QED) is 0.781. The van der Waals surface area contributed by atoms with Crippen LogP contribution in [0.2, 0.25) is 0 Å². The molecule has 21 heavy (non-hydrogen) atoms. The molecule has 0 aliphatic carbocycles. The molecule has 0 bridgehead atoms. The Bertz CT molecular complexity index is 735. The number of ether oxygens (including phenoxy) is 1. The molecule has 0 unspecified atom stereocenters. The molecule has 3 aromatic rings. The molecular weight excluding hydrogens is 290 g/mol. The number of rotatable bonds is 5. The van der Waals surface area contributed by atoms with Crippen molar-refractivity contribution in [3.63, 3.8) is 0 Å². The first-order chi connectivity index (χ1) is 10.2. The number of nitrogens with two attached hydrogens (primary N) is 1. The largest absolute Gasteiger partial charge is 0.485 e. The SMILES string of the molecule is NC(=O)c1ccc(OCc2noc(-c3cccs3)n2)cc1. The third kappa shape index (κ3) is 3.09. The zero-order valence-corrected chi connectivity index (χ0v) is 11.7. The molecule has 7 heteroatoms. The molecule has 0 saturated carbocycles. The first-order valence-electron chi connectivity index (χ1n) is 6.11. The third-order valence-corrected chi connectivity index (χ3v) is 3.56. The molecule has 0 spiro atoms. The summed E-state index contributed by atoms with van der Waals surface area (Å²) in [4.78, 5) is 16.1. The predicted octanol–water partition coefficient (Wildman–Crippen LogP) is 2.48. The zero-order chi connectivity index (χ0) is 14.7. The molecule has 0 aliphatic rings. The molecule has 2 aromatic heterocycles. The topological polar surface area (TPSA) is 91.2 Å². The first-order valence-corrected chi connectivity index (χ1v) is 6.99. The molecule has 1 aromatic carbocycles. The van der Waals surface area contributed by atoms with Crippen molar-refractivity contribution in [2.75, 3.05) is 0 Å². The lowest BCUT2D eigenvalue weighted by Crippen LogP contribution is -2.10. The summed E-state index contributed by atoms with van der Waals surface area (Å²) in [7, 11) is 0. The van der Waals surface area contributed by atoms with E-state index in [4.69, 9.17) is 15.0 Å². The smallest absolute Gasteiger partial charge is 0.268 e. The van der Waals surface area contributed by atoms with Crippen LogP contribution in [0.5, 0.6) is 5.75 Å². The van der Waals surface area contributed by atoms with Gasteiger partial charge in [-0.3, -0.25) is 4.79 Å². The van der Waals surface area contributed by atoms with Crippen molar-refractivity contribution in [2.45, 2.75) is 6.61 Å². The van der Waals surface area contributed by atoms with Gasteiger partial charge in [0, 0.05) is 5.56 Å². The predicted molar refractivity (Wildman–Crippen MR) is 76.9 cm³/mol. The van der Waals surface area contributed by atoms with E-state index in [-0.39, 0.29) is 6.61 Å². The number of nitrogens with zero attached hydrogens (tertiary/aromatic N) is 2. The lowest BCUT2D eigenvalue weighted by Gasteiger charge is -2.03. The van der Waals surface area contributed by atoms with Crippen LogP contribution in [0.1, 0.15) is 16.2 Å². The second kappa shape index (κ2) is 5.76. The minimum atomic E-state index is -0.472. The standard InChI is InChI=1S/C14H11N3O3S/c15-13(18)9-3-5-10(6-4-9)19-8-12-16-14(20-17-12)11-2-1-7-21-11/h1-7H,8H2,(H2,15,18). The highest BCUT2D eigenvalue weighted by Gasteiger charge is 2.10. The minimum Gasteiger partial charge on any atom is -0.485 e. The van der Waals surface area contributed by atoms with Gasteiger partial charge < -0.3 is 15.0 Å². The van der Waals surface area contributed by atoms with Crippen LogP contribution in [0.4, 0.5) is 0 Å². The minimum absolute atomic E-state index is 0.185. The Balaban J connectivity index is 1.64. The Morgan fingerprint density at radius 1 is 1.29 bits per heavy atom. The van der Waals surface area contributed by atoms with Crippen molar-refractivity contribution in [3.05, 3.63) is 53.2 Å². The summed E-state index contributed by atoms with van der Waals surface area (Å²) in [5.74, 6) is 1.06. The van der Waals surface area contributed by atoms with Gasteiger partial charge in [-0.15, -0.1) is 11.3 Å². The van der Waals surface area contributed by atoms with Gasteiger partial charge in [-0.1, -0.05) is 11.2 Å². The summed E-state index contributed by atoms with van der Waals surface area (Å²) in [5.41, 5.74) is 5.60. The molecule has 3 rings (SSSR count). The number of carbonyl (C=O) groups excluding carboxylic acids is 1. The number of amides is 1. The van der Waals surface area contributed by atoms with Crippen molar-refractivity contribution >= 4 is 17.2 Å². The Labute approximate surface area is 124 Å². The summed E-state index contributed by atoms with van der Waals surface area (Å²) < 4.78 is 10.7. The van der Waals surface area contributed by atoms with Crippen LogP contribution in [0, 0.1) is 0 Å². The van der Waals surface area contributed by atoms with Crippen LogP contribution in [-0.2, 0) is 6.61 Å². The van der Waals surface area contributed by atoms with E-state index >= 15 is 0 Å². The van der Waals surface area contributed by atoms with E-state index < -0.39 is 5.91 Å². The molecule has 1 amide bonds. The van der Waals surface area contributed by atoms with Crippen LogP contribution >= 0.6 is 11.3 Å². The van der Waals surface area contributed by atoms with Crippen LogP contribution in [-0.4, -0.2) is 16.0 Å². The van der Waals surface area contributed by atoms with Gasteiger partial charge in [0.25, 0.3) is 5.89 Å². The van der Waals surface area contributed by atoms with E-state index in [1.807, 2.05) is 17.5 Å². The average Bonchev–Trinajstić information content (AvgIpc) is 3.16. The number of hydrogen-bond acceptors (Lipinski definition) is 6. The highest BCUT2D eigenvalue weighted by atomic mass is 32.1. The van der Waals surface area contributed by atoms with Crippen LogP contribution < -0.4 is 10.5 Å². The van der Waals surface area contributed by atoms with E-state index in [1.165, 1.54) is 11.3 Å². The molecule has 0 radical (unpaired) electrons. The molecule has 0 aliphatic heterocycles. The molecule has 6 nitrogen and oxygen atoms in total. The van der Waals surface area contributed by atoms with Crippen LogP contribution in [0.15, 0.2) is 46.3 Å². The summed E-state index contributed by atoms with van der Waals surface area (Å²) in [6.07, 6.45) is 0. The maximum atomic E-state index is 11.0. The van der Waals surface area contributed by atoms with Gasteiger partial charge in [0.15, 0.2) is 6.61 Å².